The largest absolute Gasteiger partial charge is 0.337 e. The molecule has 0 atom stereocenters. The van der Waals surface area contributed by atoms with E-state index in [1.54, 1.807) is 0 Å². The maximum absolute atomic E-state index is 12.7. The zero-order valence-electron chi connectivity index (χ0n) is 15.6. The maximum Gasteiger partial charge on any atom is 0.233 e. The monoisotopic (exact) mass is 412 g/mol. The van der Waals surface area contributed by atoms with E-state index in [1.165, 1.54) is 22.9 Å². The van der Waals surface area contributed by atoms with Crippen molar-refractivity contribution >= 4 is 29.3 Å². The van der Waals surface area contributed by atoms with Gasteiger partial charge in [-0.2, -0.15) is 0 Å². The third-order valence-electron chi connectivity index (χ3n) is 4.94. The van der Waals surface area contributed by atoms with Crippen LogP contribution in [0.1, 0.15) is 18.1 Å². The number of carbonyl (C=O) groups is 1. The van der Waals surface area contributed by atoms with Crippen LogP contribution in [0.2, 0.25) is 5.02 Å². The summed E-state index contributed by atoms with van der Waals surface area (Å²) in [4.78, 5) is 14.7. The number of hydrogen-bond acceptors (Lipinski definition) is 4. The van der Waals surface area contributed by atoms with Gasteiger partial charge in [-0.15, -0.1) is 10.2 Å². The van der Waals surface area contributed by atoms with Crippen molar-refractivity contribution in [1.29, 1.82) is 0 Å². The van der Waals surface area contributed by atoms with Crippen LogP contribution in [0.25, 0.3) is 11.4 Å². The van der Waals surface area contributed by atoms with Gasteiger partial charge in [-0.25, -0.2) is 0 Å². The molecule has 5 nitrogen and oxygen atoms in total. The van der Waals surface area contributed by atoms with E-state index in [2.05, 4.69) is 35.3 Å². The molecule has 144 valence electrons. The molecule has 0 radical (unpaired) electrons. The summed E-state index contributed by atoms with van der Waals surface area (Å²) in [5.74, 6) is 1.29. The van der Waals surface area contributed by atoms with Crippen molar-refractivity contribution in [3.63, 3.8) is 0 Å². The molecule has 0 bridgehead atoms. The molecule has 2 heterocycles. The SMILES string of the molecule is CCn1c(SCC(=O)N2CCc3ccccc3C2)nnc1-c1ccc(Cl)cc1. The summed E-state index contributed by atoms with van der Waals surface area (Å²) >= 11 is 7.42. The molecular formula is C21H21ClN4OS. The molecule has 0 unspecified atom stereocenters. The highest BCUT2D eigenvalue weighted by Crippen LogP contribution is 2.26. The van der Waals surface area contributed by atoms with E-state index in [4.69, 9.17) is 11.6 Å². The van der Waals surface area contributed by atoms with Gasteiger partial charge in [-0.05, 0) is 48.7 Å². The lowest BCUT2D eigenvalue weighted by Gasteiger charge is -2.28. The van der Waals surface area contributed by atoms with Gasteiger partial charge in [0.25, 0.3) is 0 Å². The summed E-state index contributed by atoms with van der Waals surface area (Å²) in [5.41, 5.74) is 3.55. The van der Waals surface area contributed by atoms with E-state index >= 15 is 0 Å². The lowest BCUT2D eigenvalue weighted by atomic mass is 10.00. The van der Waals surface area contributed by atoms with Gasteiger partial charge in [0.2, 0.25) is 5.91 Å². The van der Waals surface area contributed by atoms with Crippen LogP contribution in [0.15, 0.2) is 53.7 Å². The summed E-state index contributed by atoms with van der Waals surface area (Å²) in [6.07, 6.45) is 0.915. The Labute approximate surface area is 173 Å². The van der Waals surface area contributed by atoms with E-state index in [9.17, 15) is 4.79 Å². The van der Waals surface area contributed by atoms with Crippen molar-refractivity contribution in [1.82, 2.24) is 19.7 Å². The number of halogens is 1. The molecule has 0 saturated heterocycles. The third-order valence-corrected chi connectivity index (χ3v) is 6.15. The van der Waals surface area contributed by atoms with Crippen LogP contribution in [0.3, 0.4) is 0 Å². The summed E-state index contributed by atoms with van der Waals surface area (Å²) in [6, 6.07) is 15.9. The molecule has 0 aliphatic carbocycles. The van der Waals surface area contributed by atoms with Gasteiger partial charge >= 0.3 is 0 Å². The quantitative estimate of drug-likeness (QED) is 0.586. The summed E-state index contributed by atoms with van der Waals surface area (Å²) in [5, 5.41) is 10.1. The first-order valence-electron chi connectivity index (χ1n) is 9.32. The molecule has 7 heteroatoms. The maximum atomic E-state index is 12.7. The Hall–Kier alpha value is -2.31. The standard InChI is InChI=1S/C21H21ClN4OS/c1-2-26-20(16-7-9-18(22)10-8-16)23-24-21(26)28-14-19(27)25-12-11-15-5-3-4-6-17(15)13-25/h3-10H,2,11-14H2,1H3. The summed E-state index contributed by atoms with van der Waals surface area (Å²) < 4.78 is 2.03. The van der Waals surface area contributed by atoms with Crippen LogP contribution in [0.4, 0.5) is 0 Å². The predicted octanol–water partition coefficient (Wildman–Crippen LogP) is 4.30. The van der Waals surface area contributed by atoms with Crippen molar-refractivity contribution in [3.8, 4) is 11.4 Å². The average molecular weight is 413 g/mol. The Morgan fingerprint density at radius 2 is 1.86 bits per heavy atom. The van der Waals surface area contributed by atoms with Gasteiger partial charge in [0, 0.05) is 30.2 Å². The summed E-state index contributed by atoms with van der Waals surface area (Å²) in [6.45, 7) is 4.24. The second-order valence-electron chi connectivity index (χ2n) is 6.68. The van der Waals surface area contributed by atoms with Gasteiger partial charge in [0.15, 0.2) is 11.0 Å². The van der Waals surface area contributed by atoms with Gasteiger partial charge in [-0.1, -0.05) is 47.6 Å². The zero-order valence-corrected chi connectivity index (χ0v) is 17.2. The number of thioether (sulfide) groups is 1. The number of nitrogens with zero attached hydrogens (tertiary/aromatic N) is 4. The lowest BCUT2D eigenvalue weighted by Crippen LogP contribution is -2.37. The van der Waals surface area contributed by atoms with Crippen molar-refractivity contribution in [3.05, 3.63) is 64.7 Å². The van der Waals surface area contributed by atoms with E-state index in [0.717, 1.165) is 36.1 Å². The van der Waals surface area contributed by atoms with E-state index < -0.39 is 0 Å². The minimum Gasteiger partial charge on any atom is -0.337 e. The van der Waals surface area contributed by atoms with Crippen LogP contribution in [0, 0.1) is 0 Å². The van der Waals surface area contributed by atoms with E-state index in [-0.39, 0.29) is 5.91 Å². The van der Waals surface area contributed by atoms with Gasteiger partial charge in [0.1, 0.15) is 0 Å². The zero-order chi connectivity index (χ0) is 19.5. The molecule has 4 rings (SSSR count). The number of amides is 1. The van der Waals surface area contributed by atoms with Crippen LogP contribution < -0.4 is 0 Å². The van der Waals surface area contributed by atoms with Crippen molar-refractivity contribution in [2.45, 2.75) is 31.6 Å². The van der Waals surface area contributed by atoms with Crippen LogP contribution >= 0.6 is 23.4 Å². The van der Waals surface area contributed by atoms with Crippen molar-refractivity contribution in [2.24, 2.45) is 0 Å². The Morgan fingerprint density at radius 1 is 1.11 bits per heavy atom. The van der Waals surface area contributed by atoms with Crippen molar-refractivity contribution in [2.75, 3.05) is 12.3 Å². The number of rotatable bonds is 5. The number of benzene rings is 2. The van der Waals surface area contributed by atoms with Crippen LogP contribution in [0.5, 0.6) is 0 Å². The second kappa shape index (κ2) is 8.37. The average Bonchev–Trinajstić information content (AvgIpc) is 3.15. The Bertz CT molecular complexity index is 986. The third kappa shape index (κ3) is 3.93. The number of fused-ring (bicyclic) bond motifs is 1. The lowest BCUT2D eigenvalue weighted by molar-refractivity contribution is -0.129. The van der Waals surface area contributed by atoms with Gasteiger partial charge in [0.05, 0.1) is 5.75 Å². The fourth-order valence-electron chi connectivity index (χ4n) is 3.42. The molecule has 2 aromatic carbocycles. The number of carbonyl (C=O) groups excluding carboxylic acids is 1. The molecule has 0 spiro atoms. The first kappa shape index (κ1) is 19.0. The normalized spacial score (nSPS) is 13.4. The van der Waals surface area contributed by atoms with E-state index in [0.29, 0.717) is 17.3 Å². The van der Waals surface area contributed by atoms with Crippen LogP contribution in [-0.2, 0) is 24.3 Å². The van der Waals surface area contributed by atoms with E-state index in [1.807, 2.05) is 39.8 Å². The Morgan fingerprint density at radius 3 is 2.61 bits per heavy atom. The molecule has 0 N–H and O–H groups in total. The minimum atomic E-state index is 0.137. The summed E-state index contributed by atoms with van der Waals surface area (Å²) in [7, 11) is 0. The Balaban J connectivity index is 1.44. The topological polar surface area (TPSA) is 51.0 Å². The highest BCUT2D eigenvalue weighted by molar-refractivity contribution is 7.99. The molecule has 28 heavy (non-hydrogen) atoms. The smallest absolute Gasteiger partial charge is 0.233 e. The minimum absolute atomic E-state index is 0.137. The molecule has 3 aromatic rings. The molecule has 1 aromatic heterocycles. The molecular weight excluding hydrogens is 392 g/mol. The fourth-order valence-corrected chi connectivity index (χ4v) is 4.45. The molecule has 0 saturated carbocycles. The highest BCUT2D eigenvalue weighted by Gasteiger charge is 2.21. The fraction of sp³-hybridized carbons (Fsp3) is 0.286. The molecule has 1 amide bonds. The molecule has 1 aliphatic rings. The van der Waals surface area contributed by atoms with Gasteiger partial charge < -0.3 is 9.47 Å². The predicted molar refractivity (Wildman–Crippen MR) is 112 cm³/mol. The Kier molecular flexibility index (Phi) is 5.69. The molecule has 0 fully saturated rings. The van der Waals surface area contributed by atoms with Gasteiger partial charge in [-0.3, -0.25) is 4.79 Å². The first-order chi connectivity index (χ1) is 13.7. The first-order valence-corrected chi connectivity index (χ1v) is 10.7. The molecule has 1 aliphatic heterocycles. The highest BCUT2D eigenvalue weighted by atomic mass is 35.5. The number of hydrogen-bond donors (Lipinski definition) is 0. The van der Waals surface area contributed by atoms with Crippen LogP contribution in [-0.4, -0.2) is 37.9 Å². The number of aromatic nitrogens is 3. The second-order valence-corrected chi connectivity index (χ2v) is 8.06. The van der Waals surface area contributed by atoms with Crippen molar-refractivity contribution < 1.29 is 4.79 Å².